The van der Waals surface area contributed by atoms with Crippen LogP contribution < -0.4 is 10.1 Å². The zero-order chi connectivity index (χ0) is 13.0. The maximum atomic E-state index is 13.4. The Morgan fingerprint density at radius 3 is 3.11 bits per heavy atom. The lowest BCUT2D eigenvalue weighted by Gasteiger charge is -2.07. The van der Waals surface area contributed by atoms with Crippen molar-refractivity contribution < 1.29 is 13.9 Å². The minimum Gasteiger partial charge on any atom is -0.481 e. The van der Waals surface area contributed by atoms with E-state index < -0.39 is 5.82 Å². The molecule has 0 bridgehead atoms. The van der Waals surface area contributed by atoms with Crippen LogP contribution in [0.25, 0.3) is 0 Å². The van der Waals surface area contributed by atoms with E-state index in [4.69, 9.17) is 4.74 Å². The molecule has 0 fully saturated rings. The average Bonchev–Trinajstić information content (AvgIpc) is 2.80. The molecule has 0 aliphatic carbocycles. The van der Waals surface area contributed by atoms with Crippen LogP contribution in [0.3, 0.4) is 0 Å². The first kappa shape index (κ1) is 13.4. The fourth-order valence-electron chi connectivity index (χ4n) is 1.30. The summed E-state index contributed by atoms with van der Waals surface area (Å²) in [6.07, 6.45) is 0. The average molecular weight is 333 g/mol. The van der Waals surface area contributed by atoms with Crippen LogP contribution in [0.15, 0.2) is 27.7 Å². The first-order valence-corrected chi connectivity index (χ1v) is 6.98. The second-order valence-corrected chi connectivity index (χ2v) is 5.45. The van der Waals surface area contributed by atoms with E-state index in [1.54, 1.807) is 6.07 Å². The number of nitrogens with one attached hydrogen (secondary N) is 1. The van der Waals surface area contributed by atoms with Gasteiger partial charge in [-0.2, -0.15) is 0 Å². The van der Waals surface area contributed by atoms with Gasteiger partial charge < -0.3 is 10.1 Å². The molecular formula is C11H10BrFN2O2S. The van der Waals surface area contributed by atoms with Crippen molar-refractivity contribution in [1.82, 2.24) is 5.32 Å². The van der Waals surface area contributed by atoms with Crippen LogP contribution in [-0.4, -0.2) is 30.0 Å². The van der Waals surface area contributed by atoms with Gasteiger partial charge >= 0.3 is 0 Å². The van der Waals surface area contributed by atoms with Gasteiger partial charge in [-0.05, 0) is 18.2 Å². The van der Waals surface area contributed by atoms with Gasteiger partial charge in [-0.25, -0.2) is 4.39 Å². The number of hydrogen-bond acceptors (Lipinski definition) is 4. The number of nitrogens with zero attached hydrogens (tertiary/aromatic N) is 1. The van der Waals surface area contributed by atoms with Gasteiger partial charge in [-0.1, -0.05) is 27.7 Å². The van der Waals surface area contributed by atoms with E-state index in [9.17, 15) is 9.18 Å². The van der Waals surface area contributed by atoms with Crippen LogP contribution >= 0.6 is 27.7 Å². The summed E-state index contributed by atoms with van der Waals surface area (Å²) in [5, 5.41) is 3.19. The van der Waals surface area contributed by atoms with Gasteiger partial charge in [0.15, 0.2) is 23.3 Å². The third-order valence-electron chi connectivity index (χ3n) is 2.08. The SMILES string of the molecule is O=C(COc1ccc(Br)cc1F)NC1=NCCS1. The van der Waals surface area contributed by atoms with E-state index in [0.29, 0.717) is 16.2 Å². The lowest BCUT2D eigenvalue weighted by Crippen LogP contribution is -2.32. The molecule has 0 aromatic heterocycles. The quantitative estimate of drug-likeness (QED) is 0.923. The standard InChI is InChI=1S/C11H10BrFN2O2S/c12-7-1-2-9(8(13)5-7)17-6-10(16)15-11-14-3-4-18-11/h1-2,5H,3-4,6H2,(H,14,15,16). The van der Waals surface area contributed by atoms with Gasteiger partial charge in [-0.3, -0.25) is 9.79 Å². The van der Waals surface area contributed by atoms with Gasteiger partial charge in [0.1, 0.15) is 0 Å². The Balaban J connectivity index is 1.85. The third kappa shape index (κ3) is 3.71. The van der Waals surface area contributed by atoms with Crippen LogP contribution in [0.5, 0.6) is 5.75 Å². The molecule has 0 atom stereocenters. The van der Waals surface area contributed by atoms with Crippen molar-refractivity contribution in [1.29, 1.82) is 0 Å². The summed E-state index contributed by atoms with van der Waals surface area (Å²) in [5.41, 5.74) is 0. The lowest BCUT2D eigenvalue weighted by molar-refractivity contribution is -0.121. The second-order valence-electron chi connectivity index (χ2n) is 3.45. The second kappa shape index (κ2) is 6.19. The van der Waals surface area contributed by atoms with Gasteiger partial charge in [0.25, 0.3) is 5.91 Å². The Morgan fingerprint density at radius 1 is 1.61 bits per heavy atom. The molecule has 1 heterocycles. The smallest absolute Gasteiger partial charge is 0.263 e. The van der Waals surface area contributed by atoms with Crippen molar-refractivity contribution in [3.63, 3.8) is 0 Å². The number of amides is 1. The van der Waals surface area contributed by atoms with E-state index in [0.717, 1.165) is 5.75 Å². The van der Waals surface area contributed by atoms with Crippen molar-refractivity contribution >= 4 is 38.8 Å². The maximum absolute atomic E-state index is 13.4. The van der Waals surface area contributed by atoms with E-state index in [1.165, 1.54) is 23.9 Å². The third-order valence-corrected chi connectivity index (χ3v) is 3.47. The molecule has 1 aliphatic heterocycles. The molecule has 0 unspecified atom stereocenters. The first-order chi connectivity index (χ1) is 8.65. The number of benzene rings is 1. The Hall–Kier alpha value is -1.08. The van der Waals surface area contributed by atoms with Crippen LogP contribution in [0, 0.1) is 5.82 Å². The van der Waals surface area contributed by atoms with Gasteiger partial charge in [0.05, 0.1) is 6.54 Å². The summed E-state index contributed by atoms with van der Waals surface area (Å²) in [6.45, 7) is 0.473. The number of ether oxygens (including phenoxy) is 1. The minimum absolute atomic E-state index is 0.0503. The number of carbonyl (C=O) groups is 1. The molecule has 1 aromatic carbocycles. The molecule has 2 rings (SSSR count). The molecule has 0 saturated carbocycles. The molecule has 1 amide bonds. The van der Waals surface area contributed by atoms with E-state index in [-0.39, 0.29) is 18.3 Å². The number of amidine groups is 1. The Labute approximate surface area is 116 Å². The molecular weight excluding hydrogens is 323 g/mol. The predicted octanol–water partition coefficient (Wildman–Crippen LogP) is 2.19. The highest BCUT2D eigenvalue weighted by Crippen LogP contribution is 2.21. The monoisotopic (exact) mass is 332 g/mol. The van der Waals surface area contributed by atoms with Crippen LogP contribution in [0.4, 0.5) is 4.39 Å². The number of thioether (sulfide) groups is 1. The largest absolute Gasteiger partial charge is 0.481 e. The number of aliphatic imine (C=N–C) groups is 1. The molecule has 18 heavy (non-hydrogen) atoms. The Bertz CT molecular complexity index is 496. The lowest BCUT2D eigenvalue weighted by atomic mass is 10.3. The first-order valence-electron chi connectivity index (χ1n) is 5.20. The summed E-state index contributed by atoms with van der Waals surface area (Å²) < 4.78 is 19.1. The highest BCUT2D eigenvalue weighted by molar-refractivity contribution is 9.10. The summed E-state index contributed by atoms with van der Waals surface area (Å²) in [6, 6.07) is 4.39. The van der Waals surface area contributed by atoms with Crippen LogP contribution in [0.2, 0.25) is 0 Å². The molecule has 0 saturated heterocycles. The summed E-state index contributed by atoms with van der Waals surface area (Å²) in [5.74, 6) is 0.0715. The van der Waals surface area contributed by atoms with Crippen molar-refractivity contribution in [3.05, 3.63) is 28.5 Å². The summed E-state index contributed by atoms with van der Waals surface area (Å²) in [4.78, 5) is 15.6. The van der Waals surface area contributed by atoms with E-state index in [1.807, 2.05) is 0 Å². The molecule has 0 radical (unpaired) electrons. The van der Waals surface area contributed by atoms with Crippen LogP contribution in [0.1, 0.15) is 0 Å². The molecule has 0 spiro atoms. The number of halogens is 2. The maximum Gasteiger partial charge on any atom is 0.263 e. The van der Waals surface area contributed by atoms with Gasteiger partial charge in [0, 0.05) is 10.2 Å². The highest BCUT2D eigenvalue weighted by Gasteiger charge is 2.12. The molecule has 1 N–H and O–H groups in total. The van der Waals surface area contributed by atoms with Crippen molar-refractivity contribution in [2.24, 2.45) is 4.99 Å². The van der Waals surface area contributed by atoms with Gasteiger partial charge in [-0.15, -0.1) is 0 Å². The van der Waals surface area contributed by atoms with Crippen molar-refractivity contribution in [2.75, 3.05) is 18.9 Å². The van der Waals surface area contributed by atoms with Crippen molar-refractivity contribution in [3.8, 4) is 5.75 Å². The van der Waals surface area contributed by atoms with Crippen molar-refractivity contribution in [2.45, 2.75) is 0 Å². The molecule has 1 aromatic rings. The minimum atomic E-state index is -0.509. The van der Waals surface area contributed by atoms with E-state index in [2.05, 4.69) is 26.2 Å². The van der Waals surface area contributed by atoms with E-state index >= 15 is 0 Å². The Kier molecular flexibility index (Phi) is 4.60. The topological polar surface area (TPSA) is 50.7 Å². The number of hydrogen-bond donors (Lipinski definition) is 1. The van der Waals surface area contributed by atoms with Crippen LogP contribution in [-0.2, 0) is 4.79 Å². The molecule has 4 nitrogen and oxygen atoms in total. The molecule has 1 aliphatic rings. The van der Waals surface area contributed by atoms with Gasteiger partial charge in [0.2, 0.25) is 0 Å². The predicted molar refractivity (Wildman–Crippen MR) is 72.5 cm³/mol. The summed E-state index contributed by atoms with van der Waals surface area (Å²) in [7, 11) is 0. The number of carbonyl (C=O) groups excluding carboxylic acids is 1. The number of rotatable bonds is 3. The zero-order valence-electron chi connectivity index (χ0n) is 9.28. The fourth-order valence-corrected chi connectivity index (χ4v) is 2.38. The highest BCUT2D eigenvalue weighted by atomic mass is 79.9. The zero-order valence-corrected chi connectivity index (χ0v) is 11.7. The Morgan fingerprint density at radius 2 is 2.44 bits per heavy atom. The summed E-state index contributed by atoms with van der Waals surface area (Å²) >= 11 is 4.62. The molecule has 7 heteroatoms. The fraction of sp³-hybridized carbons (Fsp3) is 0.273. The normalized spacial score (nSPS) is 14.2. The molecule has 96 valence electrons.